The molecule has 3 atom stereocenters. The first kappa shape index (κ1) is 25.9. The van der Waals surface area contributed by atoms with Crippen molar-refractivity contribution in [1.29, 1.82) is 0 Å². The monoisotopic (exact) mass is 494 g/mol. The zero-order valence-corrected chi connectivity index (χ0v) is 20.9. The molecule has 35 heavy (non-hydrogen) atoms. The molecule has 3 heterocycles. The Morgan fingerprint density at radius 1 is 1.20 bits per heavy atom. The number of nitrogens with one attached hydrogen (secondary N) is 1. The van der Waals surface area contributed by atoms with Gasteiger partial charge in [0.1, 0.15) is 0 Å². The number of hydrogen-bond acceptors (Lipinski definition) is 4. The Balaban J connectivity index is 1.64. The Bertz CT molecular complexity index is 931. The van der Waals surface area contributed by atoms with E-state index in [0.717, 1.165) is 57.3 Å². The highest BCUT2D eigenvalue weighted by Gasteiger charge is 2.52. The van der Waals surface area contributed by atoms with Gasteiger partial charge in [-0.25, -0.2) is 0 Å². The van der Waals surface area contributed by atoms with E-state index in [4.69, 9.17) is 0 Å². The van der Waals surface area contributed by atoms with Gasteiger partial charge in [-0.1, -0.05) is 18.6 Å². The van der Waals surface area contributed by atoms with Gasteiger partial charge in [0.25, 0.3) is 0 Å². The minimum atomic E-state index is -4.46. The van der Waals surface area contributed by atoms with Crippen LogP contribution in [-0.4, -0.2) is 77.9 Å². The number of halogens is 3. The van der Waals surface area contributed by atoms with Crippen molar-refractivity contribution in [2.75, 3.05) is 33.7 Å². The lowest BCUT2D eigenvalue weighted by Crippen LogP contribution is -2.57. The number of rotatable bonds is 4. The van der Waals surface area contributed by atoms with Crippen LogP contribution in [0.25, 0.3) is 0 Å². The van der Waals surface area contributed by atoms with Crippen LogP contribution in [0.5, 0.6) is 0 Å². The van der Waals surface area contributed by atoms with Crippen molar-refractivity contribution in [1.82, 2.24) is 20.0 Å². The average molecular weight is 495 g/mol. The summed E-state index contributed by atoms with van der Waals surface area (Å²) in [6.07, 6.45) is 0.593. The van der Waals surface area contributed by atoms with Gasteiger partial charge in [0.05, 0.1) is 29.7 Å². The highest BCUT2D eigenvalue weighted by molar-refractivity contribution is 5.81. The highest BCUT2D eigenvalue weighted by atomic mass is 19.4. The van der Waals surface area contributed by atoms with E-state index >= 15 is 0 Å². The van der Waals surface area contributed by atoms with Crippen LogP contribution in [0.15, 0.2) is 24.3 Å². The Kier molecular flexibility index (Phi) is 7.48. The van der Waals surface area contributed by atoms with Crippen molar-refractivity contribution >= 4 is 11.8 Å². The molecule has 0 radical (unpaired) electrons. The molecule has 2 amide bonds. The SMILES string of the molecule is CN1CCC(N(C)CC(=O)N2[C@H]3CCCCC(=O)N[C@@]3(C)C[C@H]2c2cccc(C(F)(F)F)c2)CC1. The number of likely N-dealkylation sites (tertiary alicyclic amines) is 2. The summed E-state index contributed by atoms with van der Waals surface area (Å²) < 4.78 is 40.5. The van der Waals surface area contributed by atoms with Gasteiger partial charge in [-0.3, -0.25) is 14.5 Å². The summed E-state index contributed by atoms with van der Waals surface area (Å²) in [5, 5.41) is 3.13. The number of likely N-dealkylation sites (N-methyl/N-ethyl adjacent to an activating group) is 1. The number of alkyl halides is 3. The first-order chi connectivity index (χ1) is 16.5. The molecule has 3 fully saturated rings. The largest absolute Gasteiger partial charge is 0.416 e. The van der Waals surface area contributed by atoms with Gasteiger partial charge in [-0.15, -0.1) is 0 Å². The van der Waals surface area contributed by atoms with Crippen molar-refractivity contribution in [3.8, 4) is 0 Å². The zero-order valence-electron chi connectivity index (χ0n) is 20.9. The fraction of sp³-hybridized carbons (Fsp3) is 0.692. The molecule has 9 heteroatoms. The third-order valence-corrected chi connectivity index (χ3v) is 8.16. The maximum Gasteiger partial charge on any atom is 0.416 e. The maximum atomic E-state index is 13.8. The molecule has 4 rings (SSSR count). The molecule has 1 N–H and O–H groups in total. The number of fused-ring (bicyclic) bond motifs is 1. The van der Waals surface area contributed by atoms with E-state index in [2.05, 4.69) is 22.2 Å². The fourth-order valence-electron chi connectivity index (χ4n) is 6.16. The average Bonchev–Trinajstić information content (AvgIpc) is 3.06. The molecule has 3 aliphatic heterocycles. The second kappa shape index (κ2) is 10.1. The van der Waals surface area contributed by atoms with Crippen molar-refractivity contribution in [2.24, 2.45) is 0 Å². The van der Waals surface area contributed by atoms with Crippen molar-refractivity contribution in [2.45, 2.75) is 81.7 Å². The first-order valence-electron chi connectivity index (χ1n) is 12.7. The standard InChI is InChI=1S/C26H37F3N4O2/c1-25-16-21(18-7-6-8-19(15-18)26(27,28)29)33(22(25)9-4-5-10-23(34)30-25)24(35)17-32(3)20-11-13-31(2)14-12-20/h6-8,15,20-22H,4-5,9-14,16-17H2,1-3H3,(H,30,34)/t21-,22-,25-/m0/s1. The molecule has 1 aromatic rings. The highest BCUT2D eigenvalue weighted by Crippen LogP contribution is 2.46. The molecule has 1 aromatic carbocycles. The predicted molar refractivity (Wildman–Crippen MR) is 128 cm³/mol. The molecule has 0 unspecified atom stereocenters. The lowest BCUT2D eigenvalue weighted by molar-refractivity contribution is -0.138. The van der Waals surface area contributed by atoms with E-state index in [1.165, 1.54) is 6.07 Å². The van der Waals surface area contributed by atoms with Crippen molar-refractivity contribution < 1.29 is 22.8 Å². The van der Waals surface area contributed by atoms with Crippen LogP contribution in [-0.2, 0) is 15.8 Å². The normalized spacial score (nSPS) is 29.0. The Morgan fingerprint density at radius 3 is 2.60 bits per heavy atom. The molecule has 0 saturated carbocycles. The number of nitrogens with zero attached hydrogens (tertiary/aromatic N) is 3. The number of carbonyl (C=O) groups is 2. The van der Waals surface area contributed by atoms with Gasteiger partial charge in [0, 0.05) is 12.5 Å². The molecular weight excluding hydrogens is 457 g/mol. The van der Waals surface area contributed by atoms with Crippen LogP contribution in [0.1, 0.15) is 69.0 Å². The summed E-state index contributed by atoms with van der Waals surface area (Å²) in [6.45, 7) is 4.11. The molecule has 0 aromatic heterocycles. The topological polar surface area (TPSA) is 55.9 Å². The minimum absolute atomic E-state index is 0.0577. The van der Waals surface area contributed by atoms with Crippen LogP contribution < -0.4 is 5.32 Å². The van der Waals surface area contributed by atoms with Gasteiger partial charge < -0.3 is 15.1 Å². The predicted octanol–water partition coefficient (Wildman–Crippen LogP) is 3.82. The molecule has 0 aliphatic carbocycles. The number of carbonyl (C=O) groups excluding carboxylic acids is 2. The molecule has 0 spiro atoms. The smallest absolute Gasteiger partial charge is 0.349 e. The number of amides is 2. The van der Waals surface area contributed by atoms with Gasteiger partial charge in [0.15, 0.2) is 0 Å². The van der Waals surface area contributed by atoms with E-state index in [0.29, 0.717) is 24.4 Å². The van der Waals surface area contributed by atoms with Crippen LogP contribution in [0, 0.1) is 0 Å². The van der Waals surface area contributed by atoms with E-state index in [9.17, 15) is 22.8 Å². The molecular formula is C26H37F3N4O2. The van der Waals surface area contributed by atoms with E-state index in [1.807, 2.05) is 14.0 Å². The molecule has 194 valence electrons. The van der Waals surface area contributed by atoms with Crippen LogP contribution in [0.3, 0.4) is 0 Å². The number of benzene rings is 1. The van der Waals surface area contributed by atoms with E-state index < -0.39 is 23.3 Å². The second-order valence-electron chi connectivity index (χ2n) is 10.8. The van der Waals surface area contributed by atoms with Crippen LogP contribution in [0.2, 0.25) is 0 Å². The first-order valence-corrected chi connectivity index (χ1v) is 12.7. The lowest BCUT2D eigenvalue weighted by Gasteiger charge is -2.40. The fourth-order valence-corrected chi connectivity index (χ4v) is 6.16. The summed E-state index contributed by atoms with van der Waals surface area (Å²) in [4.78, 5) is 32.5. The number of hydrogen-bond donors (Lipinski definition) is 1. The summed E-state index contributed by atoms with van der Waals surface area (Å²) in [7, 11) is 4.05. The molecule has 6 nitrogen and oxygen atoms in total. The van der Waals surface area contributed by atoms with Crippen molar-refractivity contribution in [3.05, 3.63) is 35.4 Å². The van der Waals surface area contributed by atoms with E-state index in [1.54, 1.807) is 11.0 Å². The van der Waals surface area contributed by atoms with Gasteiger partial charge in [-0.2, -0.15) is 13.2 Å². The van der Waals surface area contributed by atoms with Crippen LogP contribution >= 0.6 is 0 Å². The summed E-state index contributed by atoms with van der Waals surface area (Å²) >= 11 is 0. The minimum Gasteiger partial charge on any atom is -0.349 e. The Labute approximate surface area is 205 Å². The summed E-state index contributed by atoms with van der Waals surface area (Å²) in [5.41, 5.74) is -0.931. The quantitative estimate of drug-likeness (QED) is 0.692. The van der Waals surface area contributed by atoms with E-state index in [-0.39, 0.29) is 24.4 Å². The third kappa shape index (κ3) is 5.66. The van der Waals surface area contributed by atoms with Crippen LogP contribution in [0.4, 0.5) is 13.2 Å². The maximum absolute atomic E-state index is 13.8. The summed E-state index contributed by atoms with van der Waals surface area (Å²) in [6, 6.07) is 4.82. The Hall–Kier alpha value is -2.13. The summed E-state index contributed by atoms with van der Waals surface area (Å²) in [5.74, 6) is -0.143. The van der Waals surface area contributed by atoms with Gasteiger partial charge in [0.2, 0.25) is 11.8 Å². The van der Waals surface area contributed by atoms with Gasteiger partial charge >= 0.3 is 6.18 Å². The molecule has 3 aliphatic rings. The second-order valence-corrected chi connectivity index (χ2v) is 10.8. The zero-order chi connectivity index (χ0) is 25.4. The van der Waals surface area contributed by atoms with Crippen molar-refractivity contribution in [3.63, 3.8) is 0 Å². The number of piperidine rings is 1. The Morgan fingerprint density at radius 2 is 1.91 bits per heavy atom. The third-order valence-electron chi connectivity index (χ3n) is 8.16. The lowest BCUT2D eigenvalue weighted by atomic mass is 9.85. The molecule has 0 bridgehead atoms. The molecule has 3 saturated heterocycles. The van der Waals surface area contributed by atoms with Gasteiger partial charge in [-0.05, 0) is 83.9 Å².